The molecule has 0 heterocycles. The highest BCUT2D eigenvalue weighted by atomic mass is 16.3. The lowest BCUT2D eigenvalue weighted by Gasteiger charge is -2.15. The maximum absolute atomic E-state index is 11.3. The van der Waals surface area contributed by atoms with E-state index in [0.717, 1.165) is 32.1 Å². The number of Topliss-reactive ketones (excluding diaryl/α,β-unsaturated/α-hetero) is 1. The van der Waals surface area contributed by atoms with Crippen LogP contribution >= 0.6 is 0 Å². The third-order valence-corrected chi connectivity index (χ3v) is 2.30. The average molecular weight is 200 g/mol. The van der Waals surface area contributed by atoms with E-state index in [1.165, 1.54) is 0 Å². The summed E-state index contributed by atoms with van der Waals surface area (Å²) in [5, 5.41) is 9.43. The number of rotatable bonds is 8. The molecule has 0 saturated heterocycles. The molecular formula is C12H24O2. The molecule has 0 saturated carbocycles. The Morgan fingerprint density at radius 2 is 1.71 bits per heavy atom. The van der Waals surface area contributed by atoms with Gasteiger partial charge in [-0.3, -0.25) is 4.79 Å². The predicted octanol–water partition coefficient (Wildman–Crippen LogP) is 3.08. The Labute approximate surface area is 87.7 Å². The lowest BCUT2D eigenvalue weighted by Crippen LogP contribution is -2.18. The molecule has 0 amide bonds. The van der Waals surface area contributed by atoms with E-state index in [-0.39, 0.29) is 0 Å². The summed E-state index contributed by atoms with van der Waals surface area (Å²) in [5.41, 5.74) is -0.621. The van der Waals surface area contributed by atoms with Gasteiger partial charge in [-0.05, 0) is 33.1 Å². The first-order chi connectivity index (χ1) is 6.45. The number of unbranched alkanes of at least 4 members (excludes halogenated alkanes) is 2. The van der Waals surface area contributed by atoms with Crippen molar-refractivity contribution < 1.29 is 9.90 Å². The van der Waals surface area contributed by atoms with Crippen molar-refractivity contribution in [2.45, 2.75) is 71.3 Å². The van der Waals surface area contributed by atoms with Gasteiger partial charge in [-0.15, -0.1) is 0 Å². The highest BCUT2D eigenvalue weighted by Gasteiger charge is 2.12. The van der Waals surface area contributed by atoms with Crippen molar-refractivity contribution in [3.8, 4) is 0 Å². The summed E-state index contributed by atoms with van der Waals surface area (Å²) in [5.74, 6) is 0.350. The van der Waals surface area contributed by atoms with Gasteiger partial charge in [-0.25, -0.2) is 0 Å². The molecule has 0 aliphatic carbocycles. The van der Waals surface area contributed by atoms with Crippen molar-refractivity contribution >= 4 is 5.78 Å². The normalized spacial score (nSPS) is 11.7. The number of hydrogen-bond acceptors (Lipinski definition) is 2. The number of aliphatic hydroxyl groups is 1. The van der Waals surface area contributed by atoms with Crippen molar-refractivity contribution in [3.05, 3.63) is 0 Å². The van der Waals surface area contributed by atoms with Crippen LogP contribution in [-0.2, 0) is 4.79 Å². The summed E-state index contributed by atoms with van der Waals surface area (Å²) in [7, 11) is 0. The minimum Gasteiger partial charge on any atom is -0.390 e. The summed E-state index contributed by atoms with van der Waals surface area (Å²) in [6, 6.07) is 0. The van der Waals surface area contributed by atoms with Crippen molar-refractivity contribution in [2.75, 3.05) is 0 Å². The molecule has 0 aromatic heterocycles. The molecule has 0 fully saturated rings. The van der Waals surface area contributed by atoms with Crippen molar-refractivity contribution in [1.29, 1.82) is 0 Å². The molecule has 0 aliphatic rings. The molecule has 0 spiro atoms. The molecule has 0 aromatic carbocycles. The summed E-state index contributed by atoms with van der Waals surface area (Å²) in [4.78, 5) is 11.3. The zero-order chi connectivity index (χ0) is 11.0. The first-order valence-corrected chi connectivity index (χ1v) is 5.70. The molecule has 2 nitrogen and oxygen atoms in total. The molecule has 0 rings (SSSR count). The Hall–Kier alpha value is -0.370. The highest BCUT2D eigenvalue weighted by Crippen LogP contribution is 2.13. The van der Waals surface area contributed by atoms with Crippen LogP contribution in [0, 0.1) is 0 Å². The predicted molar refractivity (Wildman–Crippen MR) is 59.3 cm³/mol. The van der Waals surface area contributed by atoms with E-state index in [1.807, 2.05) is 0 Å². The molecule has 0 aliphatic heterocycles. The molecule has 0 bridgehead atoms. The first kappa shape index (κ1) is 13.6. The minimum atomic E-state index is -0.621. The quantitative estimate of drug-likeness (QED) is 0.611. The monoisotopic (exact) mass is 200 g/mol. The second-order valence-electron chi connectivity index (χ2n) is 4.66. The summed E-state index contributed by atoms with van der Waals surface area (Å²) in [6.07, 6.45) is 6.22. The van der Waals surface area contributed by atoms with Crippen LogP contribution < -0.4 is 0 Å². The maximum atomic E-state index is 11.3. The SMILES string of the molecule is CCCCCC(=O)CCCC(C)(C)O. The number of carbonyl (C=O) groups excluding carboxylic acids is 1. The number of carbonyl (C=O) groups is 1. The first-order valence-electron chi connectivity index (χ1n) is 5.70. The van der Waals surface area contributed by atoms with Gasteiger partial charge in [0.1, 0.15) is 5.78 Å². The zero-order valence-electron chi connectivity index (χ0n) is 9.81. The Bertz CT molecular complexity index is 156. The molecule has 0 atom stereocenters. The van der Waals surface area contributed by atoms with Gasteiger partial charge in [0, 0.05) is 12.8 Å². The molecule has 14 heavy (non-hydrogen) atoms. The lowest BCUT2D eigenvalue weighted by atomic mass is 9.99. The van der Waals surface area contributed by atoms with Gasteiger partial charge in [-0.2, -0.15) is 0 Å². The van der Waals surface area contributed by atoms with Gasteiger partial charge in [0.2, 0.25) is 0 Å². The van der Waals surface area contributed by atoms with Crippen LogP contribution in [0.2, 0.25) is 0 Å². The van der Waals surface area contributed by atoms with Crippen molar-refractivity contribution in [3.63, 3.8) is 0 Å². The van der Waals surface area contributed by atoms with E-state index >= 15 is 0 Å². The second kappa shape index (κ2) is 6.99. The van der Waals surface area contributed by atoms with Crippen LogP contribution in [0.15, 0.2) is 0 Å². The minimum absolute atomic E-state index is 0.350. The van der Waals surface area contributed by atoms with Gasteiger partial charge in [0.25, 0.3) is 0 Å². The topological polar surface area (TPSA) is 37.3 Å². The van der Waals surface area contributed by atoms with Crippen LogP contribution in [-0.4, -0.2) is 16.5 Å². The summed E-state index contributed by atoms with van der Waals surface area (Å²) >= 11 is 0. The van der Waals surface area contributed by atoms with E-state index in [2.05, 4.69) is 6.92 Å². The third-order valence-electron chi connectivity index (χ3n) is 2.30. The van der Waals surface area contributed by atoms with Crippen LogP contribution in [0.1, 0.15) is 65.7 Å². The molecule has 84 valence electrons. The average Bonchev–Trinajstić information content (AvgIpc) is 2.02. The van der Waals surface area contributed by atoms with Gasteiger partial charge in [0.05, 0.1) is 5.60 Å². The van der Waals surface area contributed by atoms with Crippen molar-refractivity contribution in [2.24, 2.45) is 0 Å². The van der Waals surface area contributed by atoms with E-state index in [1.54, 1.807) is 13.8 Å². The van der Waals surface area contributed by atoms with Gasteiger partial charge >= 0.3 is 0 Å². The van der Waals surface area contributed by atoms with Gasteiger partial charge < -0.3 is 5.11 Å². The molecule has 2 heteroatoms. The summed E-state index contributed by atoms with van der Waals surface area (Å²) < 4.78 is 0. The van der Waals surface area contributed by atoms with Crippen LogP contribution in [0.5, 0.6) is 0 Å². The number of ketones is 1. The van der Waals surface area contributed by atoms with E-state index < -0.39 is 5.60 Å². The smallest absolute Gasteiger partial charge is 0.132 e. The van der Waals surface area contributed by atoms with Crippen LogP contribution in [0.3, 0.4) is 0 Å². The lowest BCUT2D eigenvalue weighted by molar-refractivity contribution is -0.119. The zero-order valence-corrected chi connectivity index (χ0v) is 9.81. The number of hydrogen-bond donors (Lipinski definition) is 1. The van der Waals surface area contributed by atoms with Gasteiger partial charge in [0.15, 0.2) is 0 Å². The fraction of sp³-hybridized carbons (Fsp3) is 0.917. The maximum Gasteiger partial charge on any atom is 0.132 e. The third kappa shape index (κ3) is 9.72. The van der Waals surface area contributed by atoms with Crippen molar-refractivity contribution in [1.82, 2.24) is 0 Å². The fourth-order valence-corrected chi connectivity index (χ4v) is 1.42. The Morgan fingerprint density at radius 3 is 2.21 bits per heavy atom. The summed E-state index contributed by atoms with van der Waals surface area (Å²) in [6.45, 7) is 5.71. The molecule has 0 unspecified atom stereocenters. The Balaban J connectivity index is 3.36. The Kier molecular flexibility index (Phi) is 6.81. The second-order valence-corrected chi connectivity index (χ2v) is 4.66. The largest absolute Gasteiger partial charge is 0.390 e. The molecule has 0 radical (unpaired) electrons. The molecular weight excluding hydrogens is 176 g/mol. The van der Waals surface area contributed by atoms with E-state index in [0.29, 0.717) is 18.6 Å². The van der Waals surface area contributed by atoms with Crippen LogP contribution in [0.25, 0.3) is 0 Å². The fourth-order valence-electron chi connectivity index (χ4n) is 1.42. The van der Waals surface area contributed by atoms with Gasteiger partial charge in [-0.1, -0.05) is 19.8 Å². The highest BCUT2D eigenvalue weighted by molar-refractivity contribution is 5.78. The van der Waals surface area contributed by atoms with E-state index in [9.17, 15) is 9.90 Å². The van der Waals surface area contributed by atoms with Crippen LogP contribution in [0.4, 0.5) is 0 Å². The van der Waals surface area contributed by atoms with E-state index in [4.69, 9.17) is 0 Å². The standard InChI is InChI=1S/C12H24O2/c1-4-5-6-8-11(13)9-7-10-12(2,3)14/h14H,4-10H2,1-3H3. The molecule has 0 aromatic rings. The molecule has 1 N–H and O–H groups in total. The Morgan fingerprint density at radius 1 is 1.14 bits per heavy atom.